The average Bonchev–Trinajstić information content (AvgIpc) is 3.20. The number of aliphatic hydroxyl groups is 1. The van der Waals surface area contributed by atoms with Crippen LogP contribution < -0.4 is 9.47 Å². The van der Waals surface area contributed by atoms with E-state index in [9.17, 15) is 5.11 Å². The maximum absolute atomic E-state index is 10.2. The first-order valence-corrected chi connectivity index (χ1v) is 12.3. The Bertz CT molecular complexity index is 736. The summed E-state index contributed by atoms with van der Waals surface area (Å²) in [6.07, 6.45) is 2.76. The maximum Gasteiger partial charge on any atom is 0.122 e. The third-order valence-electron chi connectivity index (χ3n) is 7.62. The van der Waals surface area contributed by atoms with E-state index < -0.39 is 0 Å². The van der Waals surface area contributed by atoms with Crippen LogP contribution in [0.4, 0.5) is 0 Å². The van der Waals surface area contributed by atoms with Crippen LogP contribution in [0.5, 0.6) is 11.5 Å². The van der Waals surface area contributed by atoms with Gasteiger partial charge < -0.3 is 19.3 Å². The quantitative estimate of drug-likeness (QED) is 0.736. The third-order valence-corrected chi connectivity index (χ3v) is 8.67. The van der Waals surface area contributed by atoms with Crippen molar-refractivity contribution >= 4 is 11.8 Å². The van der Waals surface area contributed by atoms with Crippen molar-refractivity contribution in [2.24, 2.45) is 11.8 Å². The molecule has 0 amide bonds. The Hall–Kier alpha value is -0.990. The van der Waals surface area contributed by atoms with Crippen LogP contribution in [0.25, 0.3) is 0 Å². The lowest BCUT2D eigenvalue weighted by atomic mass is 9.83. The highest BCUT2D eigenvalue weighted by Gasteiger charge is 2.62. The minimum Gasteiger partial charge on any atom is -0.497 e. The van der Waals surface area contributed by atoms with Crippen LogP contribution in [0.15, 0.2) is 18.2 Å². The Morgan fingerprint density at radius 3 is 2.50 bits per heavy atom. The van der Waals surface area contributed by atoms with Crippen molar-refractivity contribution in [2.45, 2.75) is 37.1 Å². The molecule has 0 aliphatic carbocycles. The van der Waals surface area contributed by atoms with Crippen molar-refractivity contribution in [1.29, 1.82) is 0 Å². The molecule has 2 bridgehead atoms. The molecule has 1 aromatic carbocycles. The second-order valence-electron chi connectivity index (χ2n) is 9.34. The predicted molar refractivity (Wildman–Crippen MR) is 118 cm³/mol. The molecule has 0 unspecified atom stereocenters. The summed E-state index contributed by atoms with van der Waals surface area (Å²) in [6, 6.07) is 6.78. The van der Waals surface area contributed by atoms with Gasteiger partial charge in [-0.3, -0.25) is 9.80 Å². The summed E-state index contributed by atoms with van der Waals surface area (Å²) in [7, 11) is 3.38. The molecule has 4 heterocycles. The molecule has 5 rings (SSSR count). The van der Waals surface area contributed by atoms with Crippen molar-refractivity contribution in [3.8, 4) is 11.5 Å². The van der Waals surface area contributed by atoms with E-state index in [1.165, 1.54) is 29.9 Å². The Morgan fingerprint density at radius 2 is 1.83 bits per heavy atom. The molecule has 1 aromatic rings. The molecule has 1 N–H and O–H groups in total. The average molecular weight is 435 g/mol. The topological polar surface area (TPSA) is 54.4 Å². The van der Waals surface area contributed by atoms with E-state index in [4.69, 9.17) is 14.2 Å². The van der Waals surface area contributed by atoms with Crippen molar-refractivity contribution in [2.75, 3.05) is 58.5 Å². The van der Waals surface area contributed by atoms with Crippen LogP contribution in [-0.4, -0.2) is 91.2 Å². The second kappa shape index (κ2) is 8.51. The minimum absolute atomic E-state index is 0.135. The van der Waals surface area contributed by atoms with Gasteiger partial charge in [-0.2, -0.15) is 11.8 Å². The smallest absolute Gasteiger partial charge is 0.122 e. The van der Waals surface area contributed by atoms with Gasteiger partial charge in [0.05, 0.1) is 25.9 Å². The predicted octanol–water partition coefficient (Wildman–Crippen LogP) is 2.09. The minimum atomic E-state index is -0.135. The van der Waals surface area contributed by atoms with Crippen LogP contribution in [-0.2, 0) is 11.3 Å². The molecule has 4 atom stereocenters. The Morgan fingerprint density at radius 1 is 1.10 bits per heavy atom. The molecular formula is C23H34N2O4S. The number of benzene rings is 1. The fraction of sp³-hybridized carbons (Fsp3) is 0.739. The van der Waals surface area contributed by atoms with Gasteiger partial charge in [-0.05, 0) is 42.0 Å². The molecule has 4 aliphatic heterocycles. The number of hydrogen-bond acceptors (Lipinski definition) is 7. The fourth-order valence-electron chi connectivity index (χ4n) is 6.23. The SMILES string of the molecule is COc1cc(CN2C[C@@H]3[C@H](CO)[C@H]4CN(C5CCSCC5)C[C@]3(C2)O4)cc(OC)c1. The van der Waals surface area contributed by atoms with E-state index in [1.807, 2.05) is 6.07 Å². The van der Waals surface area contributed by atoms with Crippen LogP contribution >= 0.6 is 11.8 Å². The van der Waals surface area contributed by atoms with Crippen molar-refractivity contribution < 1.29 is 19.3 Å². The number of nitrogens with zero attached hydrogens (tertiary/aromatic N) is 2. The number of fused-ring (bicyclic) bond motifs is 1. The summed E-state index contributed by atoms with van der Waals surface area (Å²) in [6.45, 7) is 4.99. The highest BCUT2D eigenvalue weighted by atomic mass is 32.2. The van der Waals surface area contributed by atoms with E-state index in [0.717, 1.165) is 44.2 Å². The van der Waals surface area contributed by atoms with Gasteiger partial charge in [0.25, 0.3) is 0 Å². The summed E-state index contributed by atoms with van der Waals surface area (Å²) in [5, 5.41) is 10.2. The molecule has 4 aliphatic rings. The summed E-state index contributed by atoms with van der Waals surface area (Å²) in [4.78, 5) is 5.20. The highest BCUT2D eigenvalue weighted by Crippen LogP contribution is 2.50. The first-order chi connectivity index (χ1) is 14.6. The van der Waals surface area contributed by atoms with Crippen LogP contribution in [0.3, 0.4) is 0 Å². The number of hydrogen-bond donors (Lipinski definition) is 1. The number of likely N-dealkylation sites (tertiary alicyclic amines) is 2. The van der Waals surface area contributed by atoms with Crippen molar-refractivity contribution in [1.82, 2.24) is 9.80 Å². The third kappa shape index (κ3) is 3.73. The maximum atomic E-state index is 10.2. The second-order valence-corrected chi connectivity index (χ2v) is 10.6. The first kappa shape index (κ1) is 20.9. The van der Waals surface area contributed by atoms with Crippen LogP contribution in [0.2, 0.25) is 0 Å². The zero-order valence-corrected chi connectivity index (χ0v) is 18.9. The summed E-state index contributed by atoms with van der Waals surface area (Å²) in [5.41, 5.74) is 1.06. The van der Waals surface area contributed by atoms with E-state index >= 15 is 0 Å². The number of methoxy groups -OCH3 is 2. The van der Waals surface area contributed by atoms with Gasteiger partial charge >= 0.3 is 0 Å². The van der Waals surface area contributed by atoms with Gasteiger partial charge in [0, 0.05) is 63.3 Å². The van der Waals surface area contributed by atoms with Gasteiger partial charge in [0.15, 0.2) is 0 Å². The van der Waals surface area contributed by atoms with Gasteiger partial charge in [-0.1, -0.05) is 0 Å². The molecule has 4 saturated heterocycles. The number of thioether (sulfide) groups is 1. The molecule has 1 spiro atoms. The van der Waals surface area contributed by atoms with Gasteiger partial charge in [0.1, 0.15) is 11.5 Å². The number of morpholine rings is 1. The molecule has 0 radical (unpaired) electrons. The molecule has 0 saturated carbocycles. The molecule has 7 heteroatoms. The highest BCUT2D eigenvalue weighted by molar-refractivity contribution is 7.99. The first-order valence-electron chi connectivity index (χ1n) is 11.2. The van der Waals surface area contributed by atoms with E-state index in [2.05, 4.69) is 33.7 Å². The Labute approximate surface area is 183 Å². The zero-order chi connectivity index (χ0) is 20.7. The lowest BCUT2D eigenvalue weighted by Crippen LogP contribution is -2.57. The van der Waals surface area contributed by atoms with Gasteiger partial charge in [-0.25, -0.2) is 0 Å². The van der Waals surface area contributed by atoms with Crippen LogP contribution in [0, 0.1) is 11.8 Å². The molecule has 30 heavy (non-hydrogen) atoms. The zero-order valence-electron chi connectivity index (χ0n) is 18.1. The van der Waals surface area contributed by atoms with Gasteiger partial charge in [0.2, 0.25) is 0 Å². The van der Waals surface area contributed by atoms with E-state index in [-0.39, 0.29) is 24.2 Å². The summed E-state index contributed by atoms with van der Waals surface area (Å²) in [5.74, 6) is 4.85. The van der Waals surface area contributed by atoms with E-state index in [1.54, 1.807) is 14.2 Å². The lowest BCUT2D eigenvalue weighted by molar-refractivity contribution is -0.127. The van der Waals surface area contributed by atoms with E-state index in [0.29, 0.717) is 12.0 Å². The van der Waals surface area contributed by atoms with Crippen LogP contribution in [0.1, 0.15) is 18.4 Å². The standard InChI is InChI=1S/C23H34N2O4S/c1-27-18-7-16(8-19(9-18)28-2)10-24-11-21-20(13-26)22-12-25(15-23(21,14-24)29-22)17-3-5-30-6-4-17/h7-9,17,20-22,26H,3-6,10-15H2,1-2H3/t20-,21+,22+,23-/m0/s1. The fourth-order valence-corrected chi connectivity index (χ4v) is 7.31. The monoisotopic (exact) mass is 434 g/mol. The Balaban J connectivity index is 1.34. The van der Waals surface area contributed by atoms with Gasteiger partial charge in [-0.15, -0.1) is 0 Å². The normalized spacial score (nSPS) is 34.8. The molecular weight excluding hydrogens is 400 g/mol. The summed E-state index contributed by atoms with van der Waals surface area (Å²) >= 11 is 2.08. The number of aliphatic hydroxyl groups excluding tert-OH is 1. The number of ether oxygens (including phenoxy) is 3. The largest absolute Gasteiger partial charge is 0.497 e. The lowest BCUT2D eigenvalue weighted by Gasteiger charge is -2.45. The molecule has 166 valence electrons. The molecule has 0 aromatic heterocycles. The number of rotatable bonds is 6. The Kier molecular flexibility index (Phi) is 5.92. The molecule has 6 nitrogen and oxygen atoms in total. The van der Waals surface area contributed by atoms with Crippen molar-refractivity contribution in [3.63, 3.8) is 0 Å². The van der Waals surface area contributed by atoms with Crippen molar-refractivity contribution in [3.05, 3.63) is 23.8 Å². The summed E-state index contributed by atoms with van der Waals surface area (Å²) < 4.78 is 17.6. The molecule has 4 fully saturated rings.